The maximum atomic E-state index is 12.1. The Labute approximate surface area is 117 Å². The number of carbonyl (C=O) groups excluding carboxylic acids is 1. The summed E-state index contributed by atoms with van der Waals surface area (Å²) in [6.07, 6.45) is 1.45. The van der Waals surface area contributed by atoms with Crippen molar-refractivity contribution in [1.82, 2.24) is 14.0 Å². The Morgan fingerprint density at radius 2 is 1.90 bits per heavy atom. The van der Waals surface area contributed by atoms with Crippen LogP contribution in [0.3, 0.4) is 0 Å². The summed E-state index contributed by atoms with van der Waals surface area (Å²) in [6, 6.07) is -0.601. The molecule has 1 aromatic rings. The van der Waals surface area contributed by atoms with Crippen LogP contribution in [0.2, 0.25) is 0 Å². The molecule has 0 fully saturated rings. The monoisotopic (exact) mass is 282 g/mol. The molecule has 7 heteroatoms. The molecule has 0 aliphatic heterocycles. The molecule has 20 heavy (non-hydrogen) atoms. The lowest BCUT2D eigenvalue weighted by molar-refractivity contribution is -0.132. The molecule has 0 aliphatic rings. The molecule has 1 rings (SSSR count). The van der Waals surface area contributed by atoms with E-state index in [0.29, 0.717) is 5.56 Å². The quantitative estimate of drug-likeness (QED) is 0.769. The lowest BCUT2D eigenvalue weighted by Gasteiger charge is -2.23. The normalized spacial score (nSPS) is 12.6. The lowest BCUT2D eigenvalue weighted by atomic mass is 10.0. The van der Waals surface area contributed by atoms with Gasteiger partial charge in [0.25, 0.3) is 5.56 Å². The molecule has 0 radical (unpaired) electrons. The molecule has 0 spiro atoms. The number of likely N-dealkylation sites (N-methyl/N-ethyl adjacent to an activating group) is 1. The van der Waals surface area contributed by atoms with Crippen LogP contribution in [0.1, 0.15) is 19.4 Å². The minimum absolute atomic E-state index is 0.0212. The molecule has 2 N–H and O–H groups in total. The van der Waals surface area contributed by atoms with Crippen molar-refractivity contribution in [1.29, 1.82) is 0 Å². The number of hydrogen-bond donors (Lipinski definition) is 1. The van der Waals surface area contributed by atoms with Crippen molar-refractivity contribution in [2.75, 3.05) is 7.05 Å². The van der Waals surface area contributed by atoms with Crippen LogP contribution in [0.15, 0.2) is 15.8 Å². The standard InChI is InChI=1S/C13H22N4O3/c1-8(2)10(14)12(19)15(3)6-9-7-16(4)13(20)17(5)11(9)18/h7-8,10H,6,14H2,1-5H3. The second-order valence-corrected chi connectivity index (χ2v) is 5.38. The van der Waals surface area contributed by atoms with Gasteiger partial charge in [-0.2, -0.15) is 0 Å². The molecular weight excluding hydrogens is 260 g/mol. The van der Waals surface area contributed by atoms with Crippen molar-refractivity contribution >= 4 is 5.91 Å². The van der Waals surface area contributed by atoms with Crippen LogP contribution in [0.4, 0.5) is 0 Å². The molecule has 1 heterocycles. The summed E-state index contributed by atoms with van der Waals surface area (Å²) in [4.78, 5) is 37.0. The average Bonchev–Trinajstić information content (AvgIpc) is 2.40. The Morgan fingerprint density at radius 3 is 2.40 bits per heavy atom. The molecule has 0 bridgehead atoms. The van der Waals surface area contributed by atoms with Crippen LogP contribution in [0, 0.1) is 5.92 Å². The maximum Gasteiger partial charge on any atom is 0.330 e. The van der Waals surface area contributed by atoms with Crippen molar-refractivity contribution in [3.63, 3.8) is 0 Å². The Morgan fingerprint density at radius 1 is 1.35 bits per heavy atom. The fourth-order valence-corrected chi connectivity index (χ4v) is 1.86. The molecule has 0 aliphatic carbocycles. The number of aromatic nitrogens is 2. The summed E-state index contributed by atoms with van der Waals surface area (Å²) >= 11 is 0. The van der Waals surface area contributed by atoms with E-state index in [1.165, 1.54) is 22.7 Å². The first-order valence-corrected chi connectivity index (χ1v) is 6.43. The molecule has 1 amide bonds. The third-order valence-corrected chi connectivity index (χ3v) is 3.30. The van der Waals surface area contributed by atoms with Gasteiger partial charge in [-0.3, -0.25) is 14.2 Å². The summed E-state index contributed by atoms with van der Waals surface area (Å²) in [5.74, 6) is -0.205. The highest BCUT2D eigenvalue weighted by Crippen LogP contribution is 2.04. The van der Waals surface area contributed by atoms with Gasteiger partial charge in [-0.1, -0.05) is 13.8 Å². The minimum atomic E-state index is -0.601. The fourth-order valence-electron chi connectivity index (χ4n) is 1.86. The zero-order valence-electron chi connectivity index (χ0n) is 12.6. The molecule has 0 saturated heterocycles. The third-order valence-electron chi connectivity index (χ3n) is 3.30. The van der Waals surface area contributed by atoms with Crippen molar-refractivity contribution in [2.24, 2.45) is 25.7 Å². The largest absolute Gasteiger partial charge is 0.340 e. The van der Waals surface area contributed by atoms with E-state index in [4.69, 9.17) is 5.73 Å². The highest BCUT2D eigenvalue weighted by molar-refractivity contribution is 5.81. The van der Waals surface area contributed by atoms with Crippen LogP contribution in [0.25, 0.3) is 0 Å². The van der Waals surface area contributed by atoms with Crippen LogP contribution in [-0.2, 0) is 25.4 Å². The predicted octanol–water partition coefficient (Wildman–Crippen LogP) is -0.974. The van der Waals surface area contributed by atoms with Gasteiger partial charge < -0.3 is 15.2 Å². The van der Waals surface area contributed by atoms with E-state index in [1.54, 1.807) is 14.1 Å². The van der Waals surface area contributed by atoms with Gasteiger partial charge >= 0.3 is 5.69 Å². The van der Waals surface area contributed by atoms with Crippen LogP contribution >= 0.6 is 0 Å². The van der Waals surface area contributed by atoms with Gasteiger partial charge in [-0.05, 0) is 5.92 Å². The number of nitrogens with two attached hydrogens (primary N) is 1. The number of rotatable bonds is 4. The highest BCUT2D eigenvalue weighted by Gasteiger charge is 2.22. The van der Waals surface area contributed by atoms with Crippen molar-refractivity contribution in [2.45, 2.75) is 26.4 Å². The van der Waals surface area contributed by atoms with Gasteiger partial charge in [-0.15, -0.1) is 0 Å². The van der Waals surface area contributed by atoms with Crippen molar-refractivity contribution in [3.05, 3.63) is 32.6 Å². The summed E-state index contributed by atoms with van der Waals surface area (Å²) < 4.78 is 2.34. The van der Waals surface area contributed by atoms with Gasteiger partial charge in [0.2, 0.25) is 5.91 Å². The number of nitrogens with zero attached hydrogens (tertiary/aromatic N) is 3. The molecule has 0 aromatic carbocycles. The highest BCUT2D eigenvalue weighted by atomic mass is 16.2. The summed E-state index contributed by atoms with van der Waals surface area (Å²) in [7, 11) is 4.57. The lowest BCUT2D eigenvalue weighted by Crippen LogP contribution is -2.46. The Balaban J connectivity index is 3.03. The summed E-state index contributed by atoms with van der Waals surface area (Å²) in [6.45, 7) is 3.85. The maximum absolute atomic E-state index is 12.1. The van der Waals surface area contributed by atoms with Gasteiger partial charge in [0.15, 0.2) is 0 Å². The first-order valence-electron chi connectivity index (χ1n) is 6.43. The molecule has 1 aromatic heterocycles. The topological polar surface area (TPSA) is 90.3 Å². The minimum Gasteiger partial charge on any atom is -0.340 e. The zero-order chi connectivity index (χ0) is 15.6. The van der Waals surface area contributed by atoms with E-state index in [1.807, 2.05) is 13.8 Å². The van der Waals surface area contributed by atoms with Gasteiger partial charge in [0.1, 0.15) is 0 Å². The molecule has 1 unspecified atom stereocenters. The Kier molecular flexibility index (Phi) is 4.88. The number of amides is 1. The third kappa shape index (κ3) is 3.16. The van der Waals surface area contributed by atoms with Crippen LogP contribution in [0.5, 0.6) is 0 Å². The number of aryl methyl sites for hydroxylation is 1. The van der Waals surface area contributed by atoms with E-state index in [2.05, 4.69) is 0 Å². The summed E-state index contributed by atoms with van der Waals surface area (Å²) in [5, 5.41) is 0. The van der Waals surface area contributed by atoms with E-state index >= 15 is 0 Å². The van der Waals surface area contributed by atoms with E-state index in [-0.39, 0.29) is 18.4 Å². The Hall–Kier alpha value is -1.89. The van der Waals surface area contributed by atoms with Gasteiger partial charge in [0.05, 0.1) is 18.2 Å². The summed E-state index contributed by atoms with van der Waals surface area (Å²) in [5.41, 5.74) is 5.39. The smallest absolute Gasteiger partial charge is 0.330 e. The molecule has 1 atom stereocenters. The van der Waals surface area contributed by atoms with Crippen LogP contribution in [-0.4, -0.2) is 33.0 Å². The van der Waals surface area contributed by atoms with Crippen LogP contribution < -0.4 is 17.0 Å². The zero-order valence-corrected chi connectivity index (χ0v) is 12.6. The molecule has 0 saturated carbocycles. The van der Waals surface area contributed by atoms with Gasteiger partial charge in [-0.25, -0.2) is 4.79 Å². The predicted molar refractivity (Wildman–Crippen MR) is 76.2 cm³/mol. The van der Waals surface area contributed by atoms with Crippen molar-refractivity contribution < 1.29 is 4.79 Å². The van der Waals surface area contributed by atoms with Crippen molar-refractivity contribution in [3.8, 4) is 0 Å². The molecule has 7 nitrogen and oxygen atoms in total. The first-order chi connectivity index (χ1) is 9.16. The van der Waals surface area contributed by atoms with E-state index < -0.39 is 17.3 Å². The second kappa shape index (κ2) is 6.04. The first kappa shape index (κ1) is 16.2. The SMILES string of the molecule is CC(C)C(N)C(=O)N(C)Cc1cn(C)c(=O)n(C)c1=O. The number of carbonyl (C=O) groups is 1. The second-order valence-electron chi connectivity index (χ2n) is 5.38. The average molecular weight is 282 g/mol. The van der Waals surface area contributed by atoms with E-state index in [0.717, 1.165) is 4.57 Å². The van der Waals surface area contributed by atoms with E-state index in [9.17, 15) is 14.4 Å². The molecular formula is C13H22N4O3. The fraction of sp³-hybridized carbons (Fsp3) is 0.615. The Bertz CT molecular complexity index is 615. The van der Waals surface area contributed by atoms with Gasteiger partial charge in [0, 0.05) is 27.3 Å². The number of hydrogen-bond acceptors (Lipinski definition) is 4. The molecule has 112 valence electrons.